The number of nitrogens with zero attached hydrogens (tertiary/aromatic N) is 2. The summed E-state index contributed by atoms with van der Waals surface area (Å²) < 4.78 is 7.53. The van der Waals surface area contributed by atoms with Gasteiger partial charge >= 0.3 is 0 Å². The summed E-state index contributed by atoms with van der Waals surface area (Å²) >= 11 is 1.89. The average Bonchev–Trinajstić information content (AvgIpc) is 3.86. The number of hydrogen-bond donors (Lipinski definition) is 0. The van der Waals surface area contributed by atoms with Gasteiger partial charge in [0.05, 0.1) is 22.1 Å². The van der Waals surface area contributed by atoms with Crippen LogP contribution in [-0.2, 0) is 0 Å². The van der Waals surface area contributed by atoms with E-state index in [9.17, 15) is 0 Å². The lowest BCUT2D eigenvalue weighted by Gasteiger charge is -2.12. The first-order valence-electron chi connectivity index (χ1n) is 17.4. The van der Waals surface area contributed by atoms with Gasteiger partial charge in [-0.15, -0.1) is 11.3 Å². The number of rotatable bonds is 4. The lowest BCUT2D eigenvalue weighted by molar-refractivity contribution is 1.18. The van der Waals surface area contributed by atoms with Crippen LogP contribution in [0.2, 0.25) is 0 Å². The van der Waals surface area contributed by atoms with Crippen LogP contribution in [0.5, 0.6) is 0 Å². The smallest absolute Gasteiger partial charge is 0.0640 e. The lowest BCUT2D eigenvalue weighted by atomic mass is 9.96. The molecule has 0 bridgehead atoms. The van der Waals surface area contributed by atoms with E-state index >= 15 is 0 Å². The third kappa shape index (κ3) is 4.22. The molecule has 51 heavy (non-hydrogen) atoms. The molecule has 11 rings (SSSR count). The van der Waals surface area contributed by atoms with Crippen molar-refractivity contribution < 1.29 is 0 Å². The van der Waals surface area contributed by atoms with E-state index in [1.165, 1.54) is 91.7 Å². The van der Waals surface area contributed by atoms with Crippen molar-refractivity contribution in [2.24, 2.45) is 0 Å². The number of hydrogen-bond acceptors (Lipinski definition) is 1. The molecule has 8 aromatic carbocycles. The van der Waals surface area contributed by atoms with Gasteiger partial charge in [-0.1, -0.05) is 121 Å². The highest BCUT2D eigenvalue weighted by atomic mass is 32.1. The predicted octanol–water partition coefficient (Wildman–Crippen LogP) is 13.6. The zero-order valence-corrected chi connectivity index (χ0v) is 28.4. The Labute approximate surface area is 298 Å². The summed E-state index contributed by atoms with van der Waals surface area (Å²) in [5, 5.41) is 7.71. The molecule has 238 valence electrons. The summed E-state index contributed by atoms with van der Waals surface area (Å²) in [6, 6.07) is 66.5. The summed E-state index contributed by atoms with van der Waals surface area (Å²) in [6.07, 6.45) is 0. The Bertz CT molecular complexity index is 3130. The standard InChI is InChI=1S/C48H30N2S/c1-3-14-31(15-4-1)32-16-13-19-35(28-32)49-41-23-10-7-20-36(41)40-29-33(26-27-43(40)49)39-30-45-47(38-22-9-12-25-44(38)51-45)48-46(39)37-21-8-11-24-42(37)50(48)34-17-5-2-6-18-34/h1-30H. The van der Waals surface area contributed by atoms with Crippen molar-refractivity contribution in [2.45, 2.75) is 0 Å². The van der Waals surface area contributed by atoms with Crippen molar-refractivity contribution in [3.63, 3.8) is 0 Å². The van der Waals surface area contributed by atoms with E-state index in [-0.39, 0.29) is 0 Å². The van der Waals surface area contributed by atoms with Crippen LogP contribution in [0.4, 0.5) is 0 Å². The number of benzene rings is 8. The van der Waals surface area contributed by atoms with Crippen LogP contribution in [0.25, 0.3) is 97.4 Å². The van der Waals surface area contributed by atoms with Crippen LogP contribution in [0.15, 0.2) is 182 Å². The monoisotopic (exact) mass is 666 g/mol. The largest absolute Gasteiger partial charge is 0.309 e. The number of para-hydroxylation sites is 3. The van der Waals surface area contributed by atoms with Crippen molar-refractivity contribution >= 4 is 75.1 Å². The van der Waals surface area contributed by atoms with Crippen LogP contribution in [0, 0.1) is 0 Å². The minimum atomic E-state index is 1.16. The highest BCUT2D eigenvalue weighted by molar-refractivity contribution is 7.26. The van der Waals surface area contributed by atoms with Gasteiger partial charge < -0.3 is 9.13 Å². The normalized spacial score (nSPS) is 11.9. The maximum Gasteiger partial charge on any atom is 0.0640 e. The summed E-state index contributed by atoms with van der Waals surface area (Å²) in [7, 11) is 0. The molecule has 11 aromatic rings. The lowest BCUT2D eigenvalue weighted by Crippen LogP contribution is -1.94. The van der Waals surface area contributed by atoms with E-state index in [1.807, 2.05) is 11.3 Å². The van der Waals surface area contributed by atoms with Gasteiger partial charge in [-0.3, -0.25) is 0 Å². The van der Waals surface area contributed by atoms with Crippen molar-refractivity contribution in [2.75, 3.05) is 0 Å². The Balaban J connectivity index is 1.23. The average molecular weight is 667 g/mol. The highest BCUT2D eigenvalue weighted by Crippen LogP contribution is 2.48. The second-order valence-corrected chi connectivity index (χ2v) is 14.4. The molecule has 0 aliphatic rings. The fourth-order valence-electron chi connectivity index (χ4n) is 8.31. The van der Waals surface area contributed by atoms with E-state index in [0.717, 1.165) is 5.69 Å². The van der Waals surface area contributed by atoms with Crippen LogP contribution >= 0.6 is 11.3 Å². The SMILES string of the molecule is c1ccc(-c2cccc(-n3c4ccccc4c4cc(-c5cc6sc7ccccc7c6c6c5c5ccccc5n6-c5ccccc5)ccc43)c2)cc1. The van der Waals surface area contributed by atoms with E-state index in [4.69, 9.17) is 0 Å². The molecule has 0 saturated carbocycles. The molecular formula is C48H30N2S. The molecule has 2 nitrogen and oxygen atoms in total. The van der Waals surface area contributed by atoms with Gasteiger partial charge in [-0.05, 0) is 82.9 Å². The molecule has 0 fully saturated rings. The van der Waals surface area contributed by atoms with E-state index in [2.05, 4.69) is 191 Å². The van der Waals surface area contributed by atoms with Crippen molar-refractivity contribution in [1.29, 1.82) is 0 Å². The maximum atomic E-state index is 2.49. The fourth-order valence-corrected chi connectivity index (χ4v) is 9.46. The van der Waals surface area contributed by atoms with E-state index in [1.54, 1.807) is 0 Å². The van der Waals surface area contributed by atoms with Crippen LogP contribution in [-0.4, -0.2) is 9.13 Å². The molecule has 0 radical (unpaired) electrons. The molecule has 0 aliphatic carbocycles. The summed E-state index contributed by atoms with van der Waals surface area (Å²) in [4.78, 5) is 0. The quantitative estimate of drug-likeness (QED) is 0.177. The van der Waals surface area contributed by atoms with Gasteiger partial charge in [0.1, 0.15) is 0 Å². The maximum absolute atomic E-state index is 2.49. The predicted molar refractivity (Wildman–Crippen MR) is 219 cm³/mol. The molecule has 0 unspecified atom stereocenters. The van der Waals surface area contributed by atoms with Gasteiger partial charge in [-0.25, -0.2) is 0 Å². The Morgan fingerprint density at radius 3 is 1.78 bits per heavy atom. The molecule has 0 atom stereocenters. The zero-order valence-electron chi connectivity index (χ0n) is 27.6. The van der Waals surface area contributed by atoms with Crippen molar-refractivity contribution in [3.8, 4) is 33.6 Å². The first-order chi connectivity index (χ1) is 25.3. The van der Waals surface area contributed by atoms with Gasteiger partial charge in [0.25, 0.3) is 0 Å². The second kappa shape index (κ2) is 11.0. The molecule has 0 amide bonds. The first kappa shape index (κ1) is 28.4. The third-order valence-electron chi connectivity index (χ3n) is 10.5. The van der Waals surface area contributed by atoms with E-state index in [0.29, 0.717) is 0 Å². The molecule has 0 aliphatic heterocycles. The summed E-state index contributed by atoms with van der Waals surface area (Å²) in [5.41, 5.74) is 12.2. The Morgan fingerprint density at radius 2 is 0.961 bits per heavy atom. The number of fused-ring (bicyclic) bond motifs is 10. The molecule has 3 aromatic heterocycles. The molecule has 3 heterocycles. The molecule has 0 spiro atoms. The number of aromatic nitrogens is 2. The Hall–Kier alpha value is -6.42. The first-order valence-corrected chi connectivity index (χ1v) is 18.3. The van der Waals surface area contributed by atoms with E-state index < -0.39 is 0 Å². The highest BCUT2D eigenvalue weighted by Gasteiger charge is 2.23. The van der Waals surface area contributed by atoms with Crippen molar-refractivity contribution in [3.05, 3.63) is 182 Å². The van der Waals surface area contributed by atoms with Crippen molar-refractivity contribution in [1.82, 2.24) is 9.13 Å². The van der Waals surface area contributed by atoms with Crippen LogP contribution in [0.3, 0.4) is 0 Å². The fraction of sp³-hybridized carbons (Fsp3) is 0. The van der Waals surface area contributed by atoms with Crippen LogP contribution in [0.1, 0.15) is 0 Å². The molecule has 0 saturated heterocycles. The third-order valence-corrected chi connectivity index (χ3v) is 11.6. The second-order valence-electron chi connectivity index (χ2n) is 13.3. The number of thiophene rings is 1. The zero-order chi connectivity index (χ0) is 33.5. The molecule has 3 heteroatoms. The van der Waals surface area contributed by atoms with Gasteiger partial charge in [0.2, 0.25) is 0 Å². The summed E-state index contributed by atoms with van der Waals surface area (Å²) in [5.74, 6) is 0. The Morgan fingerprint density at radius 1 is 0.333 bits per heavy atom. The minimum Gasteiger partial charge on any atom is -0.309 e. The summed E-state index contributed by atoms with van der Waals surface area (Å²) in [6.45, 7) is 0. The van der Waals surface area contributed by atoms with Gasteiger partial charge in [-0.2, -0.15) is 0 Å². The molecule has 0 N–H and O–H groups in total. The van der Waals surface area contributed by atoms with Gasteiger partial charge in [0, 0.05) is 53.1 Å². The topological polar surface area (TPSA) is 9.86 Å². The molecular weight excluding hydrogens is 637 g/mol. The Kier molecular flexibility index (Phi) is 6.16. The minimum absolute atomic E-state index is 1.16. The van der Waals surface area contributed by atoms with Crippen LogP contribution < -0.4 is 0 Å². The van der Waals surface area contributed by atoms with Gasteiger partial charge in [0.15, 0.2) is 0 Å².